The van der Waals surface area contributed by atoms with E-state index < -0.39 is 0 Å². The highest BCUT2D eigenvalue weighted by atomic mass is 19.1. The predicted octanol–water partition coefficient (Wildman–Crippen LogP) is 3.72. The lowest BCUT2D eigenvalue weighted by Crippen LogP contribution is -2.30. The van der Waals surface area contributed by atoms with Gasteiger partial charge in [-0.05, 0) is 48.8 Å². The molecule has 1 N–H and O–H groups in total. The van der Waals surface area contributed by atoms with Gasteiger partial charge in [0.15, 0.2) is 0 Å². The van der Waals surface area contributed by atoms with Crippen LogP contribution in [-0.4, -0.2) is 25.8 Å². The third kappa shape index (κ3) is 4.88. The fourth-order valence-electron chi connectivity index (χ4n) is 2.83. The molecular formula is C17H26FNO. The van der Waals surface area contributed by atoms with Crippen molar-refractivity contribution in [2.24, 2.45) is 5.92 Å². The molecule has 0 bridgehead atoms. The quantitative estimate of drug-likeness (QED) is 0.857. The van der Waals surface area contributed by atoms with Crippen molar-refractivity contribution in [2.45, 2.75) is 45.1 Å². The van der Waals surface area contributed by atoms with Crippen molar-refractivity contribution in [3.8, 4) is 0 Å². The first-order valence-electron chi connectivity index (χ1n) is 7.71. The van der Waals surface area contributed by atoms with Crippen LogP contribution in [0.1, 0.15) is 44.6 Å². The molecule has 0 amide bonds. The molecule has 1 aliphatic heterocycles. The highest BCUT2D eigenvalue weighted by Gasteiger charge is 2.20. The molecule has 1 aliphatic rings. The zero-order valence-corrected chi connectivity index (χ0v) is 12.6. The summed E-state index contributed by atoms with van der Waals surface area (Å²) in [5.74, 6) is 1.03. The topological polar surface area (TPSA) is 21.3 Å². The zero-order chi connectivity index (χ0) is 14.4. The summed E-state index contributed by atoms with van der Waals surface area (Å²) in [5.41, 5.74) is 1.24. The van der Waals surface area contributed by atoms with Crippen molar-refractivity contribution in [3.63, 3.8) is 0 Å². The van der Waals surface area contributed by atoms with Gasteiger partial charge in [0.05, 0.1) is 0 Å². The van der Waals surface area contributed by atoms with Gasteiger partial charge in [0.2, 0.25) is 0 Å². The molecule has 1 heterocycles. The van der Waals surface area contributed by atoms with Crippen LogP contribution >= 0.6 is 0 Å². The second kappa shape index (κ2) is 7.75. The Labute approximate surface area is 121 Å². The summed E-state index contributed by atoms with van der Waals surface area (Å²) in [6.45, 7) is 7.06. The van der Waals surface area contributed by atoms with Crippen molar-refractivity contribution >= 4 is 0 Å². The second-order valence-electron chi connectivity index (χ2n) is 6.10. The first-order chi connectivity index (χ1) is 9.65. The maximum atomic E-state index is 13.1. The fraction of sp³-hybridized carbons (Fsp3) is 0.647. The average Bonchev–Trinajstić information content (AvgIpc) is 2.45. The molecule has 112 valence electrons. The smallest absolute Gasteiger partial charge is 0.123 e. The Kier molecular flexibility index (Phi) is 5.99. The van der Waals surface area contributed by atoms with Crippen LogP contribution < -0.4 is 5.32 Å². The molecule has 0 aromatic heterocycles. The number of hydrogen-bond donors (Lipinski definition) is 1. The fourth-order valence-corrected chi connectivity index (χ4v) is 2.83. The lowest BCUT2D eigenvalue weighted by Gasteiger charge is -2.28. The minimum absolute atomic E-state index is 0.157. The summed E-state index contributed by atoms with van der Waals surface area (Å²) in [4.78, 5) is 0. The molecule has 1 aromatic rings. The Morgan fingerprint density at radius 3 is 2.45 bits per heavy atom. The molecule has 1 aromatic carbocycles. The van der Waals surface area contributed by atoms with Crippen LogP contribution in [0.3, 0.4) is 0 Å². The van der Waals surface area contributed by atoms with Gasteiger partial charge in [-0.15, -0.1) is 0 Å². The molecule has 0 aliphatic carbocycles. The first kappa shape index (κ1) is 15.5. The lowest BCUT2D eigenvalue weighted by molar-refractivity contribution is 0.0615. The number of hydrogen-bond acceptors (Lipinski definition) is 2. The van der Waals surface area contributed by atoms with E-state index >= 15 is 0 Å². The van der Waals surface area contributed by atoms with Gasteiger partial charge in [-0.1, -0.05) is 26.0 Å². The number of ether oxygens (including phenoxy) is 1. The van der Waals surface area contributed by atoms with Crippen molar-refractivity contribution in [1.29, 1.82) is 0 Å². The van der Waals surface area contributed by atoms with E-state index in [4.69, 9.17) is 4.74 Å². The Morgan fingerprint density at radius 1 is 1.20 bits per heavy atom. The van der Waals surface area contributed by atoms with E-state index in [0.29, 0.717) is 12.0 Å². The second-order valence-corrected chi connectivity index (χ2v) is 6.10. The Balaban J connectivity index is 2.00. The van der Waals surface area contributed by atoms with Crippen LogP contribution in [0.15, 0.2) is 24.3 Å². The van der Waals surface area contributed by atoms with Gasteiger partial charge in [0.25, 0.3) is 0 Å². The molecule has 0 spiro atoms. The van der Waals surface area contributed by atoms with E-state index in [0.717, 1.165) is 44.9 Å². The molecule has 1 saturated heterocycles. The van der Waals surface area contributed by atoms with E-state index in [9.17, 15) is 4.39 Å². The van der Waals surface area contributed by atoms with Gasteiger partial charge in [0.1, 0.15) is 5.82 Å². The Hall–Kier alpha value is -0.930. The van der Waals surface area contributed by atoms with Crippen molar-refractivity contribution in [1.82, 2.24) is 5.32 Å². The first-order valence-corrected chi connectivity index (χ1v) is 7.71. The summed E-state index contributed by atoms with van der Waals surface area (Å²) in [7, 11) is 0. The van der Waals surface area contributed by atoms with Crippen molar-refractivity contribution in [3.05, 3.63) is 35.6 Å². The maximum absolute atomic E-state index is 13.1. The largest absolute Gasteiger partial charge is 0.381 e. The highest BCUT2D eigenvalue weighted by molar-refractivity contribution is 5.21. The standard InChI is InChI=1S/C17H26FNO/c1-13(2)19-12-16(11-14-7-9-20-10-8-14)15-3-5-17(18)6-4-15/h3-6,13-14,16,19H,7-12H2,1-2H3. The third-order valence-electron chi connectivity index (χ3n) is 4.07. The maximum Gasteiger partial charge on any atom is 0.123 e. The molecule has 1 atom stereocenters. The van der Waals surface area contributed by atoms with Gasteiger partial charge < -0.3 is 10.1 Å². The Morgan fingerprint density at radius 2 is 1.85 bits per heavy atom. The Bertz CT molecular complexity index is 384. The molecule has 0 saturated carbocycles. The van der Waals surface area contributed by atoms with Crippen molar-refractivity contribution in [2.75, 3.05) is 19.8 Å². The van der Waals surface area contributed by atoms with E-state index in [1.54, 1.807) is 12.1 Å². The molecule has 0 radical (unpaired) electrons. The predicted molar refractivity (Wildman–Crippen MR) is 80.4 cm³/mol. The van der Waals surface area contributed by atoms with Crippen LogP contribution in [0.25, 0.3) is 0 Å². The number of benzene rings is 1. The van der Waals surface area contributed by atoms with Gasteiger partial charge in [-0.2, -0.15) is 0 Å². The van der Waals surface area contributed by atoms with Gasteiger partial charge in [-0.25, -0.2) is 4.39 Å². The van der Waals surface area contributed by atoms with E-state index in [1.807, 2.05) is 12.1 Å². The van der Waals surface area contributed by atoms with Crippen LogP contribution in [0, 0.1) is 11.7 Å². The third-order valence-corrected chi connectivity index (χ3v) is 4.07. The van der Waals surface area contributed by atoms with E-state index in [-0.39, 0.29) is 5.82 Å². The number of nitrogens with one attached hydrogen (secondary N) is 1. The van der Waals surface area contributed by atoms with Gasteiger partial charge >= 0.3 is 0 Å². The summed E-state index contributed by atoms with van der Waals surface area (Å²) in [6, 6.07) is 7.49. The van der Waals surface area contributed by atoms with Crippen LogP contribution in [0.5, 0.6) is 0 Å². The molecule has 3 heteroatoms. The van der Waals surface area contributed by atoms with Gasteiger partial charge in [0, 0.05) is 25.8 Å². The van der Waals surface area contributed by atoms with Crippen LogP contribution in [0.4, 0.5) is 4.39 Å². The van der Waals surface area contributed by atoms with Crippen LogP contribution in [-0.2, 0) is 4.74 Å². The summed E-state index contributed by atoms with van der Waals surface area (Å²) >= 11 is 0. The highest BCUT2D eigenvalue weighted by Crippen LogP contribution is 2.29. The number of halogens is 1. The summed E-state index contributed by atoms with van der Waals surface area (Å²) in [6.07, 6.45) is 3.47. The molecule has 2 nitrogen and oxygen atoms in total. The molecule has 1 fully saturated rings. The normalized spacial score (nSPS) is 18.4. The van der Waals surface area contributed by atoms with E-state index in [1.165, 1.54) is 5.56 Å². The summed E-state index contributed by atoms with van der Waals surface area (Å²) in [5, 5.41) is 3.52. The van der Waals surface area contributed by atoms with Crippen LogP contribution in [0.2, 0.25) is 0 Å². The number of rotatable bonds is 6. The molecule has 1 unspecified atom stereocenters. The average molecular weight is 279 g/mol. The SMILES string of the molecule is CC(C)NCC(CC1CCOCC1)c1ccc(F)cc1. The molecular weight excluding hydrogens is 253 g/mol. The van der Waals surface area contributed by atoms with Crippen molar-refractivity contribution < 1.29 is 9.13 Å². The molecule has 20 heavy (non-hydrogen) atoms. The van der Waals surface area contributed by atoms with E-state index in [2.05, 4.69) is 19.2 Å². The molecule has 2 rings (SSSR count). The minimum Gasteiger partial charge on any atom is -0.381 e. The monoisotopic (exact) mass is 279 g/mol. The zero-order valence-electron chi connectivity index (χ0n) is 12.6. The lowest BCUT2D eigenvalue weighted by atomic mass is 9.85. The van der Waals surface area contributed by atoms with Gasteiger partial charge in [-0.3, -0.25) is 0 Å². The minimum atomic E-state index is -0.157. The summed E-state index contributed by atoms with van der Waals surface area (Å²) < 4.78 is 18.5.